The number of aromatic nitrogens is 2. The van der Waals surface area contributed by atoms with Crippen molar-refractivity contribution in [3.8, 4) is 27.8 Å². The Morgan fingerprint density at radius 1 is 1.27 bits per heavy atom. The lowest BCUT2D eigenvalue weighted by molar-refractivity contribution is 0.0342. The molecular formula is C18H17N5OS2. The Kier molecular flexibility index (Phi) is 4.95. The van der Waals surface area contributed by atoms with E-state index in [1.54, 1.807) is 17.5 Å². The second-order valence-electron chi connectivity index (χ2n) is 6.05. The van der Waals surface area contributed by atoms with Crippen LogP contribution in [0.3, 0.4) is 0 Å². The summed E-state index contributed by atoms with van der Waals surface area (Å²) in [7, 11) is 0. The zero-order valence-electron chi connectivity index (χ0n) is 14.0. The molecule has 0 saturated carbocycles. The van der Waals surface area contributed by atoms with Gasteiger partial charge in [-0.2, -0.15) is 5.26 Å². The van der Waals surface area contributed by atoms with Crippen LogP contribution in [0.4, 0.5) is 5.82 Å². The number of thiophene rings is 1. The third-order valence-electron chi connectivity index (χ3n) is 4.32. The highest BCUT2D eigenvalue weighted by Crippen LogP contribution is 2.34. The highest BCUT2D eigenvalue weighted by atomic mass is 32.1. The van der Waals surface area contributed by atoms with Gasteiger partial charge in [0.25, 0.3) is 0 Å². The van der Waals surface area contributed by atoms with Crippen LogP contribution in [-0.4, -0.2) is 40.6 Å². The van der Waals surface area contributed by atoms with Gasteiger partial charge in [-0.3, -0.25) is 4.90 Å². The lowest BCUT2D eigenvalue weighted by Crippen LogP contribution is -2.35. The topological polar surface area (TPSA) is 88.1 Å². The predicted molar refractivity (Wildman–Crippen MR) is 104 cm³/mol. The van der Waals surface area contributed by atoms with Gasteiger partial charge < -0.3 is 10.5 Å². The van der Waals surface area contributed by atoms with E-state index in [9.17, 15) is 5.26 Å². The van der Waals surface area contributed by atoms with E-state index in [1.165, 1.54) is 17.1 Å². The third kappa shape index (κ3) is 3.48. The quantitative estimate of drug-likeness (QED) is 0.744. The van der Waals surface area contributed by atoms with Crippen molar-refractivity contribution in [3.05, 3.63) is 40.2 Å². The highest BCUT2D eigenvalue weighted by Gasteiger charge is 2.16. The molecule has 0 unspecified atom stereocenters. The normalized spacial score (nSPS) is 15.0. The van der Waals surface area contributed by atoms with Crippen molar-refractivity contribution in [1.29, 1.82) is 5.26 Å². The summed E-state index contributed by atoms with van der Waals surface area (Å²) in [5.74, 6) is 0.259. The van der Waals surface area contributed by atoms with Gasteiger partial charge in [-0.15, -0.1) is 11.3 Å². The number of morpholine rings is 1. The minimum atomic E-state index is 0.259. The number of ether oxygens (including phenoxy) is 1. The fourth-order valence-electron chi connectivity index (χ4n) is 2.98. The summed E-state index contributed by atoms with van der Waals surface area (Å²) < 4.78 is 9.54. The molecule has 0 spiro atoms. The number of pyridine rings is 1. The van der Waals surface area contributed by atoms with Crippen LogP contribution in [0.25, 0.3) is 21.7 Å². The van der Waals surface area contributed by atoms with Crippen LogP contribution in [0.1, 0.15) is 11.1 Å². The average molecular weight is 384 g/mol. The first kappa shape index (κ1) is 17.1. The largest absolute Gasteiger partial charge is 0.383 e. The van der Waals surface area contributed by atoms with E-state index < -0.39 is 0 Å². The summed E-state index contributed by atoms with van der Waals surface area (Å²) in [6.07, 6.45) is 1.75. The van der Waals surface area contributed by atoms with Gasteiger partial charge in [-0.05, 0) is 34.6 Å². The highest BCUT2D eigenvalue weighted by molar-refractivity contribution is 7.13. The average Bonchev–Trinajstić information content (AvgIpc) is 3.34. The lowest BCUT2D eigenvalue weighted by atomic mass is 10.0. The van der Waals surface area contributed by atoms with Crippen LogP contribution in [-0.2, 0) is 11.3 Å². The first-order chi connectivity index (χ1) is 12.7. The summed E-state index contributed by atoms with van der Waals surface area (Å²) in [4.78, 5) is 7.90. The van der Waals surface area contributed by atoms with E-state index in [-0.39, 0.29) is 5.82 Å². The van der Waals surface area contributed by atoms with Crippen molar-refractivity contribution in [2.45, 2.75) is 6.54 Å². The minimum Gasteiger partial charge on any atom is -0.383 e. The number of anilines is 1. The van der Waals surface area contributed by atoms with Crippen molar-refractivity contribution in [2.75, 3.05) is 32.0 Å². The number of rotatable bonds is 4. The molecule has 0 aromatic carbocycles. The van der Waals surface area contributed by atoms with Gasteiger partial charge in [0, 0.05) is 42.3 Å². The Hall–Kier alpha value is -2.31. The number of nitrogens with zero attached hydrogens (tertiary/aromatic N) is 4. The molecule has 2 N–H and O–H groups in total. The van der Waals surface area contributed by atoms with E-state index >= 15 is 0 Å². The first-order valence-corrected chi connectivity index (χ1v) is 9.94. The van der Waals surface area contributed by atoms with Crippen LogP contribution >= 0.6 is 22.9 Å². The molecule has 0 aliphatic carbocycles. The second kappa shape index (κ2) is 7.51. The molecule has 3 aromatic heterocycles. The van der Waals surface area contributed by atoms with Gasteiger partial charge in [0.1, 0.15) is 17.5 Å². The van der Waals surface area contributed by atoms with Crippen LogP contribution in [0, 0.1) is 11.3 Å². The Morgan fingerprint density at radius 3 is 2.85 bits per heavy atom. The number of hydrogen-bond acceptors (Lipinski definition) is 8. The maximum absolute atomic E-state index is 9.45. The summed E-state index contributed by atoms with van der Waals surface area (Å²) in [6, 6.07) is 6.25. The molecule has 0 amide bonds. The Bertz CT molecular complexity index is 939. The lowest BCUT2D eigenvalue weighted by Gasteiger charge is -2.26. The van der Waals surface area contributed by atoms with Gasteiger partial charge in [0.05, 0.1) is 23.8 Å². The summed E-state index contributed by atoms with van der Waals surface area (Å²) in [5.41, 5.74) is 10.2. The van der Waals surface area contributed by atoms with Crippen LogP contribution in [0.2, 0.25) is 0 Å². The molecule has 1 saturated heterocycles. The standard InChI is InChI=1S/C18H17N5OS2/c19-7-15-14(13-8-21-26-11-13)6-16(22-18(15)20)17-5-12(10-25-17)9-23-1-3-24-4-2-23/h5-6,8,10-11H,1-4,9H2,(H2,20,22). The summed E-state index contributed by atoms with van der Waals surface area (Å²) in [6.45, 7) is 4.42. The molecule has 4 heterocycles. The van der Waals surface area contributed by atoms with E-state index in [4.69, 9.17) is 10.5 Å². The molecule has 6 nitrogen and oxygen atoms in total. The summed E-state index contributed by atoms with van der Waals surface area (Å²) in [5, 5.41) is 13.5. The Balaban J connectivity index is 1.65. The molecule has 0 radical (unpaired) electrons. The number of nitrogens with two attached hydrogens (primary N) is 1. The van der Waals surface area contributed by atoms with Gasteiger partial charge in [0.2, 0.25) is 0 Å². The molecule has 1 aliphatic rings. The van der Waals surface area contributed by atoms with Crippen molar-refractivity contribution >= 4 is 28.7 Å². The van der Waals surface area contributed by atoms with Crippen LogP contribution in [0.5, 0.6) is 0 Å². The second-order valence-corrected chi connectivity index (χ2v) is 7.62. The van der Waals surface area contributed by atoms with Gasteiger partial charge in [-0.1, -0.05) is 0 Å². The molecular weight excluding hydrogens is 366 g/mol. The summed E-state index contributed by atoms with van der Waals surface area (Å²) >= 11 is 3.00. The Morgan fingerprint density at radius 2 is 2.12 bits per heavy atom. The maximum Gasteiger partial charge on any atom is 0.142 e. The third-order valence-corrected chi connectivity index (χ3v) is 5.91. The number of nitrogen functional groups attached to an aromatic ring is 1. The minimum absolute atomic E-state index is 0.259. The van der Waals surface area contributed by atoms with Crippen LogP contribution < -0.4 is 5.73 Å². The zero-order chi connectivity index (χ0) is 17.9. The number of hydrogen-bond donors (Lipinski definition) is 1. The van der Waals surface area contributed by atoms with Crippen LogP contribution in [0.15, 0.2) is 29.1 Å². The van der Waals surface area contributed by atoms with Gasteiger partial charge in [-0.25, -0.2) is 9.36 Å². The molecule has 3 aromatic rings. The van der Waals surface area contributed by atoms with Gasteiger partial charge in [0.15, 0.2) is 0 Å². The number of nitriles is 1. The SMILES string of the molecule is N#Cc1c(-c2cnsc2)cc(-c2cc(CN3CCOCC3)cs2)nc1N. The Labute approximate surface area is 159 Å². The maximum atomic E-state index is 9.45. The van der Waals surface area contributed by atoms with E-state index in [2.05, 4.69) is 31.8 Å². The molecule has 1 fully saturated rings. The molecule has 1 aliphatic heterocycles. The molecule has 0 atom stereocenters. The fraction of sp³-hybridized carbons (Fsp3) is 0.278. The zero-order valence-corrected chi connectivity index (χ0v) is 15.6. The molecule has 4 rings (SSSR count). The first-order valence-electron chi connectivity index (χ1n) is 8.23. The van der Waals surface area contributed by atoms with E-state index in [0.717, 1.165) is 54.5 Å². The molecule has 132 valence electrons. The van der Waals surface area contributed by atoms with E-state index in [0.29, 0.717) is 5.56 Å². The van der Waals surface area contributed by atoms with Gasteiger partial charge >= 0.3 is 0 Å². The van der Waals surface area contributed by atoms with Crippen molar-refractivity contribution in [2.24, 2.45) is 0 Å². The fourth-order valence-corrected chi connectivity index (χ4v) is 4.39. The van der Waals surface area contributed by atoms with Crippen molar-refractivity contribution < 1.29 is 4.74 Å². The van der Waals surface area contributed by atoms with Crippen molar-refractivity contribution in [3.63, 3.8) is 0 Å². The monoisotopic (exact) mass is 383 g/mol. The van der Waals surface area contributed by atoms with Crippen molar-refractivity contribution in [1.82, 2.24) is 14.3 Å². The molecule has 0 bridgehead atoms. The molecule has 26 heavy (non-hydrogen) atoms. The van der Waals surface area contributed by atoms with E-state index in [1.807, 2.05) is 11.4 Å². The predicted octanol–water partition coefficient (Wildman–Crippen LogP) is 3.22. The molecule has 8 heteroatoms. The smallest absolute Gasteiger partial charge is 0.142 e.